The first-order valence-electron chi connectivity index (χ1n) is 11.2. The monoisotopic (exact) mass is 470 g/mol. The molecule has 2 unspecified atom stereocenters. The van der Waals surface area contributed by atoms with E-state index in [-0.39, 0.29) is 36.3 Å². The van der Waals surface area contributed by atoms with Gasteiger partial charge in [0.15, 0.2) is 0 Å². The van der Waals surface area contributed by atoms with Crippen molar-refractivity contribution in [3.8, 4) is 5.75 Å². The van der Waals surface area contributed by atoms with Gasteiger partial charge < -0.3 is 19.7 Å². The van der Waals surface area contributed by atoms with E-state index < -0.39 is 23.9 Å². The summed E-state index contributed by atoms with van der Waals surface area (Å²) in [5, 5.41) is 20.1. The number of unbranched alkanes of at least 4 members (excludes halogenated alkanes) is 1. The lowest BCUT2D eigenvalue weighted by molar-refractivity contribution is -0.147. The summed E-state index contributed by atoms with van der Waals surface area (Å²) in [6.07, 6.45) is 4.54. The molecule has 184 valence electrons. The number of halogens is 3. The highest BCUT2D eigenvalue weighted by Gasteiger charge is 2.37. The van der Waals surface area contributed by atoms with Crippen molar-refractivity contribution in [3.63, 3.8) is 0 Å². The van der Waals surface area contributed by atoms with Crippen molar-refractivity contribution in [2.45, 2.75) is 70.4 Å². The molecule has 1 fully saturated rings. The normalized spacial score (nSPS) is 22.0. The minimum atomic E-state index is -4.45. The number of esters is 1. The van der Waals surface area contributed by atoms with E-state index in [9.17, 15) is 28.2 Å². The predicted molar refractivity (Wildman–Crippen MR) is 119 cm³/mol. The largest absolute Gasteiger partial charge is 0.491 e. The van der Waals surface area contributed by atoms with Crippen LogP contribution in [0.25, 0.3) is 0 Å². The average molecular weight is 471 g/mol. The van der Waals surface area contributed by atoms with Gasteiger partial charge in [-0.1, -0.05) is 30.4 Å². The SMILES string of the molecule is CC(C)OC(=O)CCCC=CC[C@H]1C(O)C[C@@H]1C=CC(O)COc1cccc(C(F)(F)F)c1. The van der Waals surface area contributed by atoms with Gasteiger partial charge in [-0.05, 0) is 69.6 Å². The molecular formula is C25H33F3O5. The molecule has 4 atom stereocenters. The molecule has 2 rings (SSSR count). The molecule has 1 aliphatic rings. The zero-order valence-corrected chi connectivity index (χ0v) is 19.0. The summed E-state index contributed by atoms with van der Waals surface area (Å²) in [5.41, 5.74) is -0.806. The van der Waals surface area contributed by atoms with Gasteiger partial charge in [0.1, 0.15) is 18.5 Å². The van der Waals surface area contributed by atoms with Gasteiger partial charge >= 0.3 is 12.1 Å². The van der Waals surface area contributed by atoms with Crippen LogP contribution in [-0.4, -0.2) is 41.1 Å². The maximum Gasteiger partial charge on any atom is 0.416 e. The van der Waals surface area contributed by atoms with Crippen LogP contribution in [0.3, 0.4) is 0 Å². The third kappa shape index (κ3) is 9.60. The molecule has 33 heavy (non-hydrogen) atoms. The summed E-state index contributed by atoms with van der Waals surface area (Å²) in [5.74, 6) is -0.0145. The Morgan fingerprint density at radius 2 is 2.03 bits per heavy atom. The second-order valence-electron chi connectivity index (χ2n) is 8.56. The van der Waals surface area contributed by atoms with Crippen molar-refractivity contribution in [2.75, 3.05) is 6.61 Å². The summed E-state index contributed by atoms with van der Waals surface area (Å²) < 4.78 is 48.6. The van der Waals surface area contributed by atoms with E-state index in [2.05, 4.69) is 0 Å². The van der Waals surface area contributed by atoms with E-state index in [1.54, 1.807) is 6.08 Å². The third-order valence-electron chi connectivity index (χ3n) is 5.41. The lowest BCUT2D eigenvalue weighted by atomic mass is 9.69. The minimum Gasteiger partial charge on any atom is -0.491 e. The van der Waals surface area contributed by atoms with Crippen molar-refractivity contribution < 1.29 is 37.7 Å². The number of allylic oxidation sites excluding steroid dienone is 3. The van der Waals surface area contributed by atoms with Gasteiger partial charge in [0.05, 0.1) is 17.8 Å². The fourth-order valence-corrected chi connectivity index (χ4v) is 3.60. The molecular weight excluding hydrogens is 437 g/mol. The summed E-state index contributed by atoms with van der Waals surface area (Å²) in [7, 11) is 0. The summed E-state index contributed by atoms with van der Waals surface area (Å²) in [6.45, 7) is 3.46. The second-order valence-corrected chi connectivity index (χ2v) is 8.56. The van der Waals surface area contributed by atoms with Crippen LogP contribution in [0.5, 0.6) is 5.75 Å². The smallest absolute Gasteiger partial charge is 0.416 e. The van der Waals surface area contributed by atoms with Crippen LogP contribution in [0.4, 0.5) is 13.2 Å². The van der Waals surface area contributed by atoms with Crippen molar-refractivity contribution in [1.29, 1.82) is 0 Å². The summed E-state index contributed by atoms with van der Waals surface area (Å²) in [4.78, 5) is 11.5. The Morgan fingerprint density at radius 3 is 2.70 bits per heavy atom. The molecule has 1 aromatic rings. The molecule has 0 aromatic heterocycles. The van der Waals surface area contributed by atoms with Gasteiger partial charge in [-0.15, -0.1) is 0 Å². The first-order valence-corrected chi connectivity index (χ1v) is 11.2. The van der Waals surface area contributed by atoms with E-state index in [1.807, 2.05) is 32.1 Å². The second kappa shape index (κ2) is 12.8. The molecule has 0 radical (unpaired) electrons. The first-order chi connectivity index (χ1) is 15.6. The highest BCUT2D eigenvalue weighted by atomic mass is 19.4. The number of hydrogen-bond acceptors (Lipinski definition) is 5. The van der Waals surface area contributed by atoms with E-state index in [4.69, 9.17) is 9.47 Å². The number of benzene rings is 1. The number of carbonyl (C=O) groups is 1. The minimum absolute atomic E-state index is 0.0387. The van der Waals surface area contributed by atoms with Crippen LogP contribution >= 0.6 is 0 Å². The molecule has 2 N–H and O–H groups in total. The predicted octanol–water partition coefficient (Wildman–Crippen LogP) is 5.07. The van der Waals surface area contributed by atoms with Crippen molar-refractivity contribution >= 4 is 5.97 Å². The molecule has 0 bridgehead atoms. The maximum atomic E-state index is 12.8. The number of carbonyl (C=O) groups excluding carboxylic acids is 1. The molecule has 0 amide bonds. The van der Waals surface area contributed by atoms with Gasteiger partial charge in [-0.25, -0.2) is 0 Å². The Bertz CT molecular complexity index is 803. The van der Waals surface area contributed by atoms with Gasteiger partial charge in [-0.2, -0.15) is 13.2 Å². The van der Waals surface area contributed by atoms with Crippen LogP contribution in [0.1, 0.15) is 51.5 Å². The summed E-state index contributed by atoms with van der Waals surface area (Å²) >= 11 is 0. The first kappa shape index (κ1) is 26.9. The molecule has 5 nitrogen and oxygen atoms in total. The molecule has 1 aliphatic carbocycles. The Kier molecular flexibility index (Phi) is 10.4. The lowest BCUT2D eigenvalue weighted by Gasteiger charge is -2.39. The highest BCUT2D eigenvalue weighted by molar-refractivity contribution is 5.69. The quantitative estimate of drug-likeness (QED) is 0.254. The molecule has 0 saturated heterocycles. The molecule has 1 saturated carbocycles. The van der Waals surface area contributed by atoms with Crippen molar-refractivity contribution in [1.82, 2.24) is 0 Å². The van der Waals surface area contributed by atoms with Crippen molar-refractivity contribution in [2.24, 2.45) is 11.8 Å². The zero-order valence-electron chi connectivity index (χ0n) is 19.0. The Hall–Kier alpha value is -2.32. The molecule has 0 spiro atoms. The Balaban J connectivity index is 1.71. The van der Waals surface area contributed by atoms with E-state index >= 15 is 0 Å². The average Bonchev–Trinajstić information content (AvgIpc) is 2.73. The van der Waals surface area contributed by atoms with E-state index in [0.717, 1.165) is 18.6 Å². The number of aliphatic hydroxyl groups is 2. The van der Waals surface area contributed by atoms with Crippen LogP contribution in [-0.2, 0) is 15.7 Å². The highest BCUT2D eigenvalue weighted by Crippen LogP contribution is 2.38. The number of alkyl halides is 3. The molecule has 1 aromatic carbocycles. The number of ether oxygens (including phenoxy) is 2. The van der Waals surface area contributed by atoms with Gasteiger partial charge in [0, 0.05) is 6.42 Å². The molecule has 8 heteroatoms. The van der Waals surface area contributed by atoms with Crippen LogP contribution < -0.4 is 4.74 Å². The lowest BCUT2D eigenvalue weighted by Crippen LogP contribution is -2.40. The fourth-order valence-electron chi connectivity index (χ4n) is 3.60. The van der Waals surface area contributed by atoms with Crippen LogP contribution in [0.2, 0.25) is 0 Å². The standard InChI is InChI=1S/C25H33F3O5/c1-17(2)33-24(31)11-6-4-3-5-10-22-18(14-23(22)30)12-13-20(29)16-32-21-9-7-8-19(15-21)25(26,27)28/h3,5,7-9,12-13,15,17-18,20,22-23,29-30H,4,6,10-11,14,16H2,1-2H3/t18-,20?,22+,23?/m0/s1. The van der Waals surface area contributed by atoms with Crippen LogP contribution in [0.15, 0.2) is 48.6 Å². The van der Waals surface area contributed by atoms with Gasteiger partial charge in [-0.3, -0.25) is 4.79 Å². The van der Waals surface area contributed by atoms with E-state index in [0.29, 0.717) is 25.7 Å². The number of rotatable bonds is 12. The van der Waals surface area contributed by atoms with Gasteiger partial charge in [0.2, 0.25) is 0 Å². The Labute approximate surface area is 192 Å². The van der Waals surface area contributed by atoms with E-state index in [1.165, 1.54) is 12.1 Å². The maximum absolute atomic E-state index is 12.8. The zero-order chi connectivity index (χ0) is 24.4. The third-order valence-corrected chi connectivity index (χ3v) is 5.41. The molecule has 0 aliphatic heterocycles. The van der Waals surface area contributed by atoms with Crippen LogP contribution in [0, 0.1) is 11.8 Å². The van der Waals surface area contributed by atoms with Gasteiger partial charge in [0.25, 0.3) is 0 Å². The topological polar surface area (TPSA) is 76.0 Å². The Morgan fingerprint density at radius 1 is 1.27 bits per heavy atom. The van der Waals surface area contributed by atoms with Crippen molar-refractivity contribution in [3.05, 3.63) is 54.1 Å². The molecule has 0 heterocycles. The summed E-state index contributed by atoms with van der Waals surface area (Å²) in [6, 6.07) is 4.52. The number of aliphatic hydroxyl groups excluding tert-OH is 2. The number of hydrogen-bond donors (Lipinski definition) is 2. The fraction of sp³-hybridized carbons (Fsp3) is 0.560.